The van der Waals surface area contributed by atoms with Crippen LogP contribution in [0.3, 0.4) is 0 Å². The summed E-state index contributed by atoms with van der Waals surface area (Å²) in [5, 5.41) is 0. The summed E-state index contributed by atoms with van der Waals surface area (Å²) in [6, 6.07) is 6.93. The van der Waals surface area contributed by atoms with Gasteiger partial charge >= 0.3 is 0 Å². The Labute approximate surface area is 102 Å². The van der Waals surface area contributed by atoms with Crippen molar-refractivity contribution in [1.82, 2.24) is 0 Å². The first-order valence-corrected chi connectivity index (χ1v) is 5.77. The number of anilines is 1. The second-order valence-corrected chi connectivity index (χ2v) is 3.99. The van der Waals surface area contributed by atoms with Crippen molar-refractivity contribution in [2.45, 2.75) is 25.8 Å². The molecule has 1 rings (SSSR count). The summed E-state index contributed by atoms with van der Waals surface area (Å²) in [6.45, 7) is 2.01. The molecule has 0 saturated carbocycles. The summed E-state index contributed by atoms with van der Waals surface area (Å²) in [7, 11) is 3.33. The monoisotopic (exact) mass is 236 g/mol. The highest BCUT2D eigenvalue weighted by molar-refractivity contribution is 5.96. The number of rotatable bonds is 5. The van der Waals surface area contributed by atoms with E-state index < -0.39 is 6.04 Å². The third-order valence-electron chi connectivity index (χ3n) is 2.69. The predicted molar refractivity (Wildman–Crippen MR) is 69.3 cm³/mol. The first kappa shape index (κ1) is 13.5. The van der Waals surface area contributed by atoms with Gasteiger partial charge in [-0.3, -0.25) is 4.79 Å². The Morgan fingerprint density at radius 1 is 1.53 bits per heavy atom. The fraction of sp³-hybridized carbons (Fsp3) is 0.462. The molecule has 0 aliphatic carbocycles. The topological polar surface area (TPSA) is 55.6 Å². The summed E-state index contributed by atoms with van der Waals surface area (Å²) in [5.74, 6) is 0.659. The third kappa shape index (κ3) is 3.46. The molecule has 0 radical (unpaired) electrons. The zero-order chi connectivity index (χ0) is 12.8. The van der Waals surface area contributed by atoms with Gasteiger partial charge in [0.1, 0.15) is 5.75 Å². The number of amides is 1. The lowest BCUT2D eigenvalue weighted by Gasteiger charge is -2.21. The molecule has 4 heteroatoms. The zero-order valence-electron chi connectivity index (χ0n) is 10.6. The molecule has 0 unspecified atom stereocenters. The Hall–Kier alpha value is -1.55. The largest absolute Gasteiger partial charge is 0.497 e. The normalized spacial score (nSPS) is 12.0. The van der Waals surface area contributed by atoms with Gasteiger partial charge < -0.3 is 15.4 Å². The van der Waals surface area contributed by atoms with Crippen molar-refractivity contribution in [2.24, 2.45) is 5.73 Å². The quantitative estimate of drug-likeness (QED) is 0.848. The number of benzene rings is 1. The van der Waals surface area contributed by atoms with Crippen LogP contribution in [0, 0.1) is 0 Å². The Morgan fingerprint density at radius 3 is 2.82 bits per heavy atom. The summed E-state index contributed by atoms with van der Waals surface area (Å²) in [4.78, 5) is 13.6. The van der Waals surface area contributed by atoms with Crippen LogP contribution in [0.25, 0.3) is 0 Å². The van der Waals surface area contributed by atoms with Crippen LogP contribution in [0.2, 0.25) is 0 Å². The van der Waals surface area contributed by atoms with Gasteiger partial charge in [-0.15, -0.1) is 0 Å². The number of nitrogens with two attached hydrogens (primary N) is 1. The van der Waals surface area contributed by atoms with Gasteiger partial charge in [0.2, 0.25) is 5.91 Å². The SMILES string of the molecule is CCC[C@@H](N)C(=O)N(C)c1cccc(OC)c1. The summed E-state index contributed by atoms with van der Waals surface area (Å²) in [5.41, 5.74) is 6.61. The van der Waals surface area contributed by atoms with Crippen molar-refractivity contribution in [3.63, 3.8) is 0 Å². The number of methoxy groups -OCH3 is 1. The number of hydrogen-bond donors (Lipinski definition) is 1. The Kier molecular flexibility index (Phi) is 4.97. The van der Waals surface area contributed by atoms with Crippen LogP contribution in [-0.2, 0) is 4.79 Å². The van der Waals surface area contributed by atoms with E-state index in [2.05, 4.69) is 0 Å². The molecule has 94 valence electrons. The highest BCUT2D eigenvalue weighted by atomic mass is 16.5. The van der Waals surface area contributed by atoms with Crippen LogP contribution in [0.1, 0.15) is 19.8 Å². The molecule has 0 spiro atoms. The van der Waals surface area contributed by atoms with Gasteiger partial charge in [-0.1, -0.05) is 19.4 Å². The Bertz CT molecular complexity index is 379. The first-order valence-electron chi connectivity index (χ1n) is 5.77. The smallest absolute Gasteiger partial charge is 0.243 e. The summed E-state index contributed by atoms with van der Waals surface area (Å²) < 4.78 is 5.12. The second-order valence-electron chi connectivity index (χ2n) is 3.99. The molecule has 0 aliphatic heterocycles. The maximum atomic E-state index is 12.0. The molecule has 0 bridgehead atoms. The highest BCUT2D eigenvalue weighted by Gasteiger charge is 2.18. The molecule has 0 aromatic heterocycles. The molecule has 0 aliphatic rings. The van der Waals surface area contributed by atoms with Crippen molar-refractivity contribution in [1.29, 1.82) is 0 Å². The highest BCUT2D eigenvalue weighted by Crippen LogP contribution is 2.20. The first-order chi connectivity index (χ1) is 8.10. The van der Waals surface area contributed by atoms with Gasteiger partial charge in [0, 0.05) is 18.8 Å². The molecule has 1 aromatic carbocycles. The number of ether oxygens (including phenoxy) is 1. The molecule has 1 amide bonds. The molecule has 0 saturated heterocycles. The number of hydrogen-bond acceptors (Lipinski definition) is 3. The minimum Gasteiger partial charge on any atom is -0.497 e. The molecular weight excluding hydrogens is 216 g/mol. The second kappa shape index (κ2) is 6.25. The van der Waals surface area contributed by atoms with E-state index in [0.29, 0.717) is 6.42 Å². The molecular formula is C13H20N2O2. The van der Waals surface area contributed by atoms with Crippen molar-refractivity contribution < 1.29 is 9.53 Å². The van der Waals surface area contributed by atoms with E-state index in [1.165, 1.54) is 0 Å². The van der Waals surface area contributed by atoms with Crippen LogP contribution in [0.15, 0.2) is 24.3 Å². The number of carbonyl (C=O) groups is 1. The maximum Gasteiger partial charge on any atom is 0.243 e. The standard InChI is InChI=1S/C13H20N2O2/c1-4-6-12(14)13(16)15(2)10-7-5-8-11(9-10)17-3/h5,7-9,12H,4,6,14H2,1-3H3/t12-/m1/s1. The number of nitrogens with zero attached hydrogens (tertiary/aromatic N) is 1. The van der Waals surface area contributed by atoms with E-state index in [4.69, 9.17) is 10.5 Å². The zero-order valence-corrected chi connectivity index (χ0v) is 10.6. The number of likely N-dealkylation sites (N-methyl/N-ethyl adjacent to an activating group) is 1. The van der Waals surface area contributed by atoms with Crippen molar-refractivity contribution in [3.8, 4) is 5.75 Å². The van der Waals surface area contributed by atoms with E-state index in [0.717, 1.165) is 17.9 Å². The van der Waals surface area contributed by atoms with Crippen molar-refractivity contribution in [2.75, 3.05) is 19.1 Å². The Balaban J connectivity index is 2.80. The van der Waals surface area contributed by atoms with Gasteiger partial charge in [-0.05, 0) is 18.6 Å². The summed E-state index contributed by atoms with van der Waals surface area (Å²) >= 11 is 0. The number of carbonyl (C=O) groups excluding carboxylic acids is 1. The van der Waals surface area contributed by atoms with Crippen molar-refractivity contribution in [3.05, 3.63) is 24.3 Å². The maximum absolute atomic E-state index is 12.0. The minimum absolute atomic E-state index is 0.0693. The third-order valence-corrected chi connectivity index (χ3v) is 2.69. The fourth-order valence-electron chi connectivity index (χ4n) is 1.63. The molecule has 0 fully saturated rings. The van der Waals surface area contributed by atoms with Crippen LogP contribution >= 0.6 is 0 Å². The fourth-order valence-corrected chi connectivity index (χ4v) is 1.63. The lowest BCUT2D eigenvalue weighted by molar-refractivity contribution is -0.119. The average molecular weight is 236 g/mol. The van der Waals surface area contributed by atoms with E-state index in [1.807, 2.05) is 31.2 Å². The van der Waals surface area contributed by atoms with Gasteiger partial charge in [0.25, 0.3) is 0 Å². The van der Waals surface area contributed by atoms with Crippen LogP contribution in [0.5, 0.6) is 5.75 Å². The molecule has 17 heavy (non-hydrogen) atoms. The lowest BCUT2D eigenvalue weighted by Crippen LogP contribution is -2.41. The van der Waals surface area contributed by atoms with E-state index in [9.17, 15) is 4.79 Å². The van der Waals surface area contributed by atoms with Crippen molar-refractivity contribution >= 4 is 11.6 Å². The lowest BCUT2D eigenvalue weighted by atomic mass is 10.1. The van der Waals surface area contributed by atoms with Crippen LogP contribution < -0.4 is 15.4 Å². The molecule has 2 N–H and O–H groups in total. The van der Waals surface area contributed by atoms with Gasteiger partial charge in [0.15, 0.2) is 0 Å². The van der Waals surface area contributed by atoms with Gasteiger partial charge in [-0.2, -0.15) is 0 Å². The van der Waals surface area contributed by atoms with E-state index in [-0.39, 0.29) is 5.91 Å². The minimum atomic E-state index is -0.434. The molecule has 1 atom stereocenters. The Morgan fingerprint density at radius 2 is 2.24 bits per heavy atom. The molecule has 0 heterocycles. The van der Waals surface area contributed by atoms with Gasteiger partial charge in [0.05, 0.1) is 13.2 Å². The van der Waals surface area contributed by atoms with E-state index >= 15 is 0 Å². The summed E-state index contributed by atoms with van der Waals surface area (Å²) in [6.07, 6.45) is 1.60. The van der Waals surface area contributed by atoms with E-state index in [1.54, 1.807) is 19.1 Å². The molecule has 1 aromatic rings. The van der Waals surface area contributed by atoms with Crippen LogP contribution in [0.4, 0.5) is 5.69 Å². The van der Waals surface area contributed by atoms with Gasteiger partial charge in [-0.25, -0.2) is 0 Å². The average Bonchev–Trinajstić information content (AvgIpc) is 2.37. The predicted octanol–water partition coefficient (Wildman–Crippen LogP) is 1.79. The molecule has 4 nitrogen and oxygen atoms in total. The van der Waals surface area contributed by atoms with Crippen LogP contribution in [-0.4, -0.2) is 26.1 Å².